The normalized spacial score (nSPS) is 14.8. The SMILES string of the molecule is CCOC(=O)N1CCC(N(CCC(=O)OC)C(=O)Cc2cccs2)CC1. The molecule has 0 aromatic carbocycles. The molecule has 0 radical (unpaired) electrons. The number of nitrogens with zero attached hydrogens (tertiary/aromatic N) is 2. The molecular weight excluding hydrogens is 356 g/mol. The van der Waals surface area contributed by atoms with E-state index in [1.807, 2.05) is 17.5 Å². The lowest BCUT2D eigenvalue weighted by Crippen LogP contribution is -2.49. The summed E-state index contributed by atoms with van der Waals surface area (Å²) >= 11 is 1.55. The minimum absolute atomic E-state index is 0.00550. The molecule has 1 aliphatic rings. The van der Waals surface area contributed by atoms with Gasteiger partial charge in [0.25, 0.3) is 0 Å². The van der Waals surface area contributed by atoms with Crippen LogP contribution in [0.1, 0.15) is 31.1 Å². The van der Waals surface area contributed by atoms with Crippen molar-refractivity contribution in [3.63, 3.8) is 0 Å². The van der Waals surface area contributed by atoms with E-state index >= 15 is 0 Å². The fourth-order valence-electron chi connectivity index (χ4n) is 3.06. The lowest BCUT2D eigenvalue weighted by atomic mass is 10.0. The first-order valence-corrected chi connectivity index (χ1v) is 9.73. The van der Waals surface area contributed by atoms with Gasteiger partial charge in [-0.1, -0.05) is 6.07 Å². The molecule has 2 amide bonds. The number of methoxy groups -OCH3 is 1. The van der Waals surface area contributed by atoms with Gasteiger partial charge in [0.1, 0.15) is 0 Å². The van der Waals surface area contributed by atoms with Gasteiger partial charge in [-0.25, -0.2) is 4.79 Å². The van der Waals surface area contributed by atoms with Gasteiger partial charge < -0.3 is 19.3 Å². The lowest BCUT2D eigenvalue weighted by molar-refractivity contribution is -0.142. The number of carbonyl (C=O) groups excluding carboxylic acids is 3. The van der Waals surface area contributed by atoms with Gasteiger partial charge in [0, 0.05) is 30.6 Å². The van der Waals surface area contributed by atoms with Gasteiger partial charge in [0.05, 0.1) is 26.6 Å². The van der Waals surface area contributed by atoms with Crippen molar-refractivity contribution in [1.82, 2.24) is 9.80 Å². The number of ether oxygens (including phenoxy) is 2. The summed E-state index contributed by atoms with van der Waals surface area (Å²) in [5, 5.41) is 1.94. The van der Waals surface area contributed by atoms with Crippen LogP contribution in [0.3, 0.4) is 0 Å². The zero-order valence-electron chi connectivity index (χ0n) is 15.3. The van der Waals surface area contributed by atoms with E-state index in [0.717, 1.165) is 4.88 Å². The molecule has 2 rings (SSSR count). The van der Waals surface area contributed by atoms with Gasteiger partial charge in [-0.05, 0) is 31.2 Å². The molecule has 1 saturated heterocycles. The number of likely N-dealkylation sites (tertiary alicyclic amines) is 1. The largest absolute Gasteiger partial charge is 0.469 e. The molecular formula is C18H26N2O5S. The number of amides is 2. The predicted octanol–water partition coefficient (Wildman–Crippen LogP) is 2.30. The molecule has 0 N–H and O–H groups in total. The maximum absolute atomic E-state index is 12.8. The zero-order valence-corrected chi connectivity index (χ0v) is 16.1. The molecule has 0 bridgehead atoms. The van der Waals surface area contributed by atoms with Crippen LogP contribution < -0.4 is 0 Å². The van der Waals surface area contributed by atoms with E-state index in [1.165, 1.54) is 7.11 Å². The van der Waals surface area contributed by atoms with E-state index in [1.54, 1.807) is 28.1 Å². The lowest BCUT2D eigenvalue weighted by Gasteiger charge is -2.38. The van der Waals surface area contributed by atoms with Crippen molar-refractivity contribution in [3.8, 4) is 0 Å². The Morgan fingerprint density at radius 2 is 2.04 bits per heavy atom. The van der Waals surface area contributed by atoms with Crippen LogP contribution in [0.4, 0.5) is 4.79 Å². The first-order chi connectivity index (χ1) is 12.5. The second kappa shape index (κ2) is 10.2. The highest BCUT2D eigenvalue weighted by Crippen LogP contribution is 2.20. The quantitative estimate of drug-likeness (QED) is 0.677. The third kappa shape index (κ3) is 5.72. The molecule has 144 valence electrons. The Balaban J connectivity index is 1.98. The minimum atomic E-state index is -0.331. The molecule has 7 nitrogen and oxygen atoms in total. The summed E-state index contributed by atoms with van der Waals surface area (Å²) < 4.78 is 9.74. The summed E-state index contributed by atoms with van der Waals surface area (Å²) in [6.07, 6.45) is 1.55. The van der Waals surface area contributed by atoms with Gasteiger partial charge in [-0.15, -0.1) is 11.3 Å². The third-order valence-electron chi connectivity index (χ3n) is 4.44. The number of hydrogen-bond acceptors (Lipinski definition) is 6. The minimum Gasteiger partial charge on any atom is -0.469 e. The van der Waals surface area contributed by atoms with Crippen LogP contribution in [0, 0.1) is 0 Å². The number of hydrogen-bond donors (Lipinski definition) is 0. The molecule has 0 aliphatic carbocycles. The molecule has 8 heteroatoms. The van der Waals surface area contributed by atoms with E-state index < -0.39 is 0 Å². The van der Waals surface area contributed by atoms with Crippen LogP contribution in [0.2, 0.25) is 0 Å². The second-order valence-corrected chi connectivity index (χ2v) is 7.12. The van der Waals surface area contributed by atoms with Gasteiger partial charge in [-0.3, -0.25) is 9.59 Å². The monoisotopic (exact) mass is 382 g/mol. The second-order valence-electron chi connectivity index (χ2n) is 6.09. The van der Waals surface area contributed by atoms with Crippen molar-refractivity contribution in [2.24, 2.45) is 0 Å². The summed E-state index contributed by atoms with van der Waals surface area (Å²) in [6, 6.07) is 3.87. The molecule has 1 aromatic rings. The van der Waals surface area contributed by atoms with Crippen LogP contribution in [-0.2, 0) is 25.5 Å². The topological polar surface area (TPSA) is 76.2 Å². The highest BCUT2D eigenvalue weighted by molar-refractivity contribution is 7.10. The van der Waals surface area contributed by atoms with Crippen molar-refractivity contribution < 1.29 is 23.9 Å². The highest BCUT2D eigenvalue weighted by Gasteiger charge is 2.30. The fraction of sp³-hybridized carbons (Fsp3) is 0.611. The van der Waals surface area contributed by atoms with Crippen LogP contribution in [0.5, 0.6) is 0 Å². The van der Waals surface area contributed by atoms with Crippen LogP contribution >= 0.6 is 11.3 Å². The average Bonchev–Trinajstić information content (AvgIpc) is 3.15. The molecule has 1 fully saturated rings. The summed E-state index contributed by atoms with van der Waals surface area (Å²) in [5.74, 6) is -0.325. The van der Waals surface area contributed by atoms with Gasteiger partial charge in [0.2, 0.25) is 5.91 Å². The molecule has 2 heterocycles. The summed E-state index contributed by atoms with van der Waals surface area (Å²) in [7, 11) is 1.35. The summed E-state index contributed by atoms with van der Waals surface area (Å²) in [6.45, 7) is 3.56. The number of rotatable bonds is 7. The Bertz CT molecular complexity index is 597. The Kier molecular flexibility index (Phi) is 7.90. The van der Waals surface area contributed by atoms with Crippen molar-refractivity contribution in [2.75, 3.05) is 33.4 Å². The van der Waals surface area contributed by atoms with Crippen LogP contribution in [0.25, 0.3) is 0 Å². The first kappa shape index (κ1) is 20.2. The average molecular weight is 382 g/mol. The van der Waals surface area contributed by atoms with Gasteiger partial charge in [-0.2, -0.15) is 0 Å². The maximum atomic E-state index is 12.8. The number of esters is 1. The van der Waals surface area contributed by atoms with Crippen LogP contribution in [0.15, 0.2) is 17.5 Å². The molecule has 1 aromatic heterocycles. The molecule has 0 saturated carbocycles. The fourth-order valence-corrected chi connectivity index (χ4v) is 3.76. The summed E-state index contributed by atoms with van der Waals surface area (Å²) in [4.78, 5) is 40.6. The Morgan fingerprint density at radius 1 is 1.31 bits per heavy atom. The summed E-state index contributed by atoms with van der Waals surface area (Å²) in [5.41, 5.74) is 0. The van der Waals surface area contributed by atoms with E-state index in [4.69, 9.17) is 9.47 Å². The van der Waals surface area contributed by atoms with Crippen molar-refractivity contribution in [1.29, 1.82) is 0 Å². The maximum Gasteiger partial charge on any atom is 0.409 e. The van der Waals surface area contributed by atoms with Crippen molar-refractivity contribution in [3.05, 3.63) is 22.4 Å². The number of piperidine rings is 1. The van der Waals surface area contributed by atoms with Crippen molar-refractivity contribution in [2.45, 2.75) is 38.6 Å². The van der Waals surface area contributed by atoms with Crippen LogP contribution in [-0.4, -0.2) is 67.2 Å². The number of carbonyl (C=O) groups is 3. The standard InChI is InChI=1S/C18H26N2O5S/c1-3-25-18(23)19-9-6-14(7-10-19)20(11-8-17(22)24-2)16(21)13-15-5-4-12-26-15/h4-5,12,14H,3,6-11,13H2,1-2H3. The predicted molar refractivity (Wildman–Crippen MR) is 98.0 cm³/mol. The van der Waals surface area contributed by atoms with E-state index in [0.29, 0.717) is 45.5 Å². The van der Waals surface area contributed by atoms with Crippen molar-refractivity contribution >= 4 is 29.3 Å². The Hall–Kier alpha value is -2.09. The first-order valence-electron chi connectivity index (χ1n) is 8.85. The van der Waals surface area contributed by atoms with E-state index in [9.17, 15) is 14.4 Å². The molecule has 0 spiro atoms. The van der Waals surface area contributed by atoms with E-state index in [2.05, 4.69) is 0 Å². The number of thiophene rings is 1. The zero-order chi connectivity index (χ0) is 18.9. The van der Waals surface area contributed by atoms with E-state index in [-0.39, 0.29) is 30.4 Å². The van der Waals surface area contributed by atoms with Gasteiger partial charge in [0.15, 0.2) is 0 Å². The molecule has 1 aliphatic heterocycles. The third-order valence-corrected chi connectivity index (χ3v) is 5.32. The Morgan fingerprint density at radius 3 is 2.62 bits per heavy atom. The highest BCUT2D eigenvalue weighted by atomic mass is 32.1. The smallest absolute Gasteiger partial charge is 0.409 e. The molecule has 26 heavy (non-hydrogen) atoms. The Labute approximate surface area is 157 Å². The molecule has 0 atom stereocenters. The molecule has 0 unspecified atom stereocenters. The van der Waals surface area contributed by atoms with Gasteiger partial charge >= 0.3 is 12.1 Å².